The van der Waals surface area contributed by atoms with Crippen LogP contribution in [-0.2, 0) is 11.4 Å². The highest BCUT2D eigenvalue weighted by atomic mass is 19.4. The molecular weight excluding hydrogens is 286 g/mol. The van der Waals surface area contributed by atoms with E-state index in [2.05, 4.69) is 14.5 Å². The maximum atomic E-state index is 12.9. The molecule has 112 valence electrons. The topological polar surface area (TPSA) is 57.7 Å². The minimum absolute atomic E-state index is 0.0355. The van der Waals surface area contributed by atoms with Crippen molar-refractivity contribution in [1.29, 1.82) is 0 Å². The second kappa shape index (κ2) is 6.40. The first-order valence-corrected chi connectivity index (χ1v) is 5.38. The smallest absolute Gasteiger partial charge is 0.495 e. The van der Waals surface area contributed by atoms with Gasteiger partial charge in [0, 0.05) is 6.20 Å². The number of hydrogen-bond donors (Lipinski definition) is 0. The van der Waals surface area contributed by atoms with Crippen LogP contribution in [0.1, 0.15) is 22.8 Å². The van der Waals surface area contributed by atoms with Crippen LogP contribution in [0.4, 0.5) is 17.6 Å². The molecule has 5 nitrogen and oxygen atoms in total. The molecule has 0 radical (unpaired) electrons. The van der Waals surface area contributed by atoms with Gasteiger partial charge in [-0.1, -0.05) is 0 Å². The standard InChI is InChI=1S/C11H11F4NO4/c1-3-19-10(17)7-5-16-9(20-11(13,14)15)6(4-12)8(7)18-2/h5H,3-4H2,1-2H3. The quantitative estimate of drug-likeness (QED) is 0.617. The molecule has 0 unspecified atom stereocenters. The molecule has 0 saturated heterocycles. The molecule has 0 aliphatic carbocycles. The van der Waals surface area contributed by atoms with Crippen LogP contribution >= 0.6 is 0 Å². The van der Waals surface area contributed by atoms with Crippen LogP contribution in [0.15, 0.2) is 6.20 Å². The lowest BCUT2D eigenvalue weighted by atomic mass is 10.1. The van der Waals surface area contributed by atoms with Crippen molar-refractivity contribution < 1.29 is 36.6 Å². The number of pyridine rings is 1. The van der Waals surface area contributed by atoms with E-state index in [1.165, 1.54) is 6.92 Å². The summed E-state index contributed by atoms with van der Waals surface area (Å²) in [4.78, 5) is 14.8. The molecule has 1 heterocycles. The van der Waals surface area contributed by atoms with Crippen molar-refractivity contribution in [3.63, 3.8) is 0 Å². The lowest BCUT2D eigenvalue weighted by molar-refractivity contribution is -0.276. The molecule has 9 heteroatoms. The van der Waals surface area contributed by atoms with Gasteiger partial charge in [-0.05, 0) is 6.92 Å². The molecule has 0 fully saturated rings. The van der Waals surface area contributed by atoms with Crippen molar-refractivity contribution in [3.8, 4) is 11.6 Å². The predicted octanol–water partition coefficient (Wildman–Crippen LogP) is 2.64. The molecule has 0 atom stereocenters. The molecule has 0 aromatic carbocycles. The van der Waals surface area contributed by atoms with Gasteiger partial charge in [0.1, 0.15) is 18.0 Å². The molecule has 0 N–H and O–H groups in total. The van der Waals surface area contributed by atoms with E-state index in [4.69, 9.17) is 4.74 Å². The van der Waals surface area contributed by atoms with Crippen molar-refractivity contribution in [2.45, 2.75) is 20.0 Å². The van der Waals surface area contributed by atoms with Crippen molar-refractivity contribution in [2.24, 2.45) is 0 Å². The van der Waals surface area contributed by atoms with Gasteiger partial charge in [0.15, 0.2) is 0 Å². The molecule has 0 spiro atoms. The average molecular weight is 297 g/mol. The third-order valence-electron chi connectivity index (χ3n) is 2.13. The van der Waals surface area contributed by atoms with E-state index in [-0.39, 0.29) is 12.2 Å². The van der Waals surface area contributed by atoms with E-state index in [0.29, 0.717) is 0 Å². The average Bonchev–Trinajstić information content (AvgIpc) is 2.36. The third kappa shape index (κ3) is 3.72. The number of ether oxygens (including phenoxy) is 3. The highest BCUT2D eigenvalue weighted by molar-refractivity contribution is 5.93. The van der Waals surface area contributed by atoms with Crippen LogP contribution in [0.5, 0.6) is 11.6 Å². The fourth-order valence-electron chi connectivity index (χ4n) is 1.42. The summed E-state index contributed by atoms with van der Waals surface area (Å²) in [5.74, 6) is -2.30. The first-order chi connectivity index (χ1) is 9.34. The number of aromatic nitrogens is 1. The van der Waals surface area contributed by atoms with Gasteiger partial charge < -0.3 is 14.2 Å². The van der Waals surface area contributed by atoms with Gasteiger partial charge in [-0.3, -0.25) is 0 Å². The number of rotatable bonds is 5. The summed E-state index contributed by atoms with van der Waals surface area (Å²) in [7, 11) is 1.08. The largest absolute Gasteiger partial charge is 0.574 e. The molecule has 20 heavy (non-hydrogen) atoms. The Bertz CT molecular complexity index is 490. The molecule has 1 aromatic heterocycles. The maximum absolute atomic E-state index is 12.9. The van der Waals surface area contributed by atoms with Gasteiger partial charge in [0.25, 0.3) is 0 Å². The summed E-state index contributed by atoms with van der Waals surface area (Å²) in [6.07, 6.45) is -4.26. The monoisotopic (exact) mass is 297 g/mol. The minimum atomic E-state index is -5.03. The zero-order valence-corrected chi connectivity index (χ0v) is 10.6. The van der Waals surface area contributed by atoms with Crippen LogP contribution in [-0.4, -0.2) is 31.0 Å². The zero-order valence-electron chi connectivity index (χ0n) is 10.6. The summed E-state index contributed by atoms with van der Waals surface area (Å²) in [5.41, 5.74) is -0.896. The summed E-state index contributed by atoms with van der Waals surface area (Å²) < 4.78 is 62.4. The van der Waals surface area contributed by atoms with Gasteiger partial charge in [0.05, 0.1) is 19.3 Å². The van der Waals surface area contributed by atoms with E-state index in [9.17, 15) is 22.4 Å². The van der Waals surface area contributed by atoms with Crippen LogP contribution in [0.3, 0.4) is 0 Å². The highest BCUT2D eigenvalue weighted by Crippen LogP contribution is 2.34. The summed E-state index contributed by atoms with van der Waals surface area (Å²) in [6, 6.07) is 0. The van der Waals surface area contributed by atoms with E-state index in [1.54, 1.807) is 0 Å². The van der Waals surface area contributed by atoms with Gasteiger partial charge in [-0.25, -0.2) is 14.2 Å². The second-order valence-electron chi connectivity index (χ2n) is 3.39. The lowest BCUT2D eigenvalue weighted by Gasteiger charge is -2.15. The normalized spacial score (nSPS) is 11.1. The fraction of sp³-hybridized carbons (Fsp3) is 0.455. The first-order valence-electron chi connectivity index (χ1n) is 5.38. The maximum Gasteiger partial charge on any atom is 0.574 e. The van der Waals surface area contributed by atoms with Crippen LogP contribution in [0.2, 0.25) is 0 Å². The second-order valence-corrected chi connectivity index (χ2v) is 3.39. The predicted molar refractivity (Wildman–Crippen MR) is 58.2 cm³/mol. The number of hydrogen-bond acceptors (Lipinski definition) is 5. The van der Waals surface area contributed by atoms with E-state index < -0.39 is 36.2 Å². The molecule has 1 rings (SSSR count). The van der Waals surface area contributed by atoms with Crippen molar-refractivity contribution in [3.05, 3.63) is 17.3 Å². The Kier molecular flexibility index (Phi) is 5.12. The van der Waals surface area contributed by atoms with Gasteiger partial charge in [-0.2, -0.15) is 0 Å². The molecule has 0 bridgehead atoms. The van der Waals surface area contributed by atoms with E-state index in [0.717, 1.165) is 13.3 Å². The number of methoxy groups -OCH3 is 1. The lowest BCUT2D eigenvalue weighted by Crippen LogP contribution is -2.20. The molecule has 0 aliphatic heterocycles. The van der Waals surface area contributed by atoms with Crippen LogP contribution < -0.4 is 9.47 Å². The SMILES string of the molecule is CCOC(=O)c1cnc(OC(F)(F)F)c(CF)c1OC. The Hall–Kier alpha value is -2.06. The highest BCUT2D eigenvalue weighted by Gasteiger charge is 2.34. The number of nitrogens with zero attached hydrogens (tertiary/aromatic N) is 1. The van der Waals surface area contributed by atoms with E-state index >= 15 is 0 Å². The van der Waals surface area contributed by atoms with Crippen LogP contribution in [0, 0.1) is 0 Å². The van der Waals surface area contributed by atoms with Gasteiger partial charge in [0.2, 0.25) is 5.88 Å². The first kappa shape index (κ1) is 16.0. The third-order valence-corrected chi connectivity index (χ3v) is 2.13. The zero-order chi connectivity index (χ0) is 15.3. The molecule has 0 saturated carbocycles. The molecular formula is C11H11F4NO4. The number of halogens is 4. The fourth-order valence-corrected chi connectivity index (χ4v) is 1.42. The minimum Gasteiger partial charge on any atom is -0.495 e. The number of carbonyl (C=O) groups excluding carboxylic acids is 1. The molecule has 1 aromatic rings. The number of esters is 1. The Morgan fingerprint density at radius 1 is 1.40 bits per heavy atom. The Morgan fingerprint density at radius 2 is 2.05 bits per heavy atom. The summed E-state index contributed by atoms with van der Waals surface area (Å²) >= 11 is 0. The van der Waals surface area contributed by atoms with Crippen LogP contribution in [0.25, 0.3) is 0 Å². The van der Waals surface area contributed by atoms with Gasteiger partial charge >= 0.3 is 12.3 Å². The van der Waals surface area contributed by atoms with Crippen molar-refractivity contribution in [1.82, 2.24) is 4.98 Å². The molecule has 0 aliphatic rings. The van der Waals surface area contributed by atoms with Gasteiger partial charge in [-0.15, -0.1) is 13.2 Å². The summed E-state index contributed by atoms with van der Waals surface area (Å²) in [5, 5.41) is 0. The van der Waals surface area contributed by atoms with Crippen molar-refractivity contribution in [2.75, 3.05) is 13.7 Å². The van der Waals surface area contributed by atoms with E-state index in [1.807, 2.05) is 0 Å². The number of carbonyl (C=O) groups is 1. The Balaban J connectivity index is 3.29. The molecule has 0 amide bonds. The summed E-state index contributed by atoms with van der Waals surface area (Å²) in [6.45, 7) is 0.220. The Morgan fingerprint density at radius 3 is 2.50 bits per heavy atom. The Labute approximate surface area is 111 Å². The van der Waals surface area contributed by atoms with Crippen molar-refractivity contribution >= 4 is 5.97 Å². The number of alkyl halides is 4.